The van der Waals surface area contributed by atoms with Crippen molar-refractivity contribution in [1.29, 1.82) is 0 Å². The van der Waals surface area contributed by atoms with E-state index in [2.05, 4.69) is 26.1 Å². The van der Waals surface area contributed by atoms with Crippen LogP contribution in [0.2, 0.25) is 0 Å². The van der Waals surface area contributed by atoms with Gasteiger partial charge in [-0.15, -0.1) is 0 Å². The average molecular weight is 823 g/mol. The van der Waals surface area contributed by atoms with E-state index in [0.29, 0.717) is 43.5 Å². The first-order valence-electron chi connectivity index (χ1n) is 20.4. The standard InChI is InChI=1S/C42H51FN3O7P3/c1-3-44(4-2)42(48)30-18-17-29(56(49,50)51-23-7-5-6-16-36(47)53-55(43)54)26-33(30)37-34-24-27-12-8-19-45-21-10-14-31(38(27)45)40(34)52-41-32-15-11-22-46-20-9-13-28(39(32)46)25-35(37)41/h17-18,24-26H,3-16,19-23,54H2,1-2H3/p+1. The Morgan fingerprint density at radius 1 is 0.946 bits per heavy atom. The zero-order valence-electron chi connectivity index (χ0n) is 32.4. The smallest absolute Gasteiger partial charge is 0.358 e. The van der Waals surface area contributed by atoms with Gasteiger partial charge in [0.15, 0.2) is 0 Å². The molecule has 0 saturated heterocycles. The van der Waals surface area contributed by atoms with E-state index in [-0.39, 0.29) is 24.2 Å². The van der Waals surface area contributed by atoms with Gasteiger partial charge in [-0.3, -0.25) is 14.2 Å². The molecule has 0 bridgehead atoms. The monoisotopic (exact) mass is 822 g/mol. The van der Waals surface area contributed by atoms with Crippen LogP contribution in [0.25, 0.3) is 5.57 Å². The molecule has 10 nitrogen and oxygen atoms in total. The van der Waals surface area contributed by atoms with E-state index in [9.17, 15) is 23.2 Å². The molecule has 298 valence electrons. The van der Waals surface area contributed by atoms with Crippen molar-refractivity contribution in [2.45, 2.75) is 90.9 Å². The second kappa shape index (κ2) is 16.6. The molecule has 3 atom stereocenters. The summed E-state index contributed by atoms with van der Waals surface area (Å²) >= 11 is 0. The Morgan fingerprint density at radius 3 is 2.45 bits per heavy atom. The highest BCUT2D eigenvalue weighted by Crippen LogP contribution is 2.50. The van der Waals surface area contributed by atoms with Crippen molar-refractivity contribution in [3.05, 3.63) is 79.9 Å². The molecular weight excluding hydrogens is 770 g/mol. The zero-order chi connectivity index (χ0) is 39.1. The van der Waals surface area contributed by atoms with Crippen LogP contribution in [0.3, 0.4) is 0 Å². The highest BCUT2D eigenvalue weighted by Gasteiger charge is 2.37. The summed E-state index contributed by atoms with van der Waals surface area (Å²) in [6, 6.07) is 9.52. The summed E-state index contributed by atoms with van der Waals surface area (Å²) in [5.41, 5.74) is 9.21. The quantitative estimate of drug-likeness (QED) is 0.0914. The molecular formula is C42H52FN3O7P3+. The van der Waals surface area contributed by atoms with Gasteiger partial charge in [-0.1, -0.05) is 6.42 Å². The molecule has 0 aromatic heterocycles. The molecule has 14 heteroatoms. The number of aryl methyl sites for hydroxylation is 2. The predicted octanol–water partition coefficient (Wildman–Crippen LogP) is 6.61. The van der Waals surface area contributed by atoms with Crippen LogP contribution in [0, 0.1) is 0 Å². The van der Waals surface area contributed by atoms with Crippen molar-refractivity contribution >= 4 is 53.1 Å². The van der Waals surface area contributed by atoms with Gasteiger partial charge in [0.25, 0.3) is 14.1 Å². The number of nitrogens with zero attached hydrogens (tertiary/aromatic N) is 3. The molecule has 3 unspecified atom stereocenters. The third-order valence-corrected chi connectivity index (χ3v) is 14.2. The zero-order valence-corrected chi connectivity index (χ0v) is 35.4. The second-order valence-corrected chi connectivity index (χ2v) is 19.2. The maximum atomic E-state index is 14.5. The van der Waals surface area contributed by atoms with Gasteiger partial charge in [-0.25, -0.2) is 4.58 Å². The Labute approximate surface area is 331 Å². The van der Waals surface area contributed by atoms with Gasteiger partial charge in [0.2, 0.25) is 5.36 Å². The van der Waals surface area contributed by atoms with Gasteiger partial charge in [-0.2, -0.15) is 4.20 Å². The molecule has 0 spiro atoms. The van der Waals surface area contributed by atoms with E-state index in [1.54, 1.807) is 23.1 Å². The van der Waals surface area contributed by atoms with E-state index >= 15 is 0 Å². The minimum absolute atomic E-state index is 0.00813. The highest BCUT2D eigenvalue weighted by molar-refractivity contribution is 8.08. The van der Waals surface area contributed by atoms with Crippen LogP contribution in [-0.4, -0.2) is 67.5 Å². The maximum Gasteiger partial charge on any atom is 0.358 e. The van der Waals surface area contributed by atoms with Crippen molar-refractivity contribution in [3.8, 4) is 11.5 Å². The molecule has 3 aromatic carbocycles. The minimum atomic E-state index is -4.36. The van der Waals surface area contributed by atoms with Crippen LogP contribution in [0.4, 0.5) is 9.88 Å². The molecule has 0 saturated carbocycles. The summed E-state index contributed by atoms with van der Waals surface area (Å²) in [7, 11) is -4.84. The van der Waals surface area contributed by atoms with Gasteiger partial charge in [0.05, 0.1) is 17.5 Å². The second-order valence-electron chi connectivity index (χ2n) is 15.5. The fourth-order valence-electron chi connectivity index (χ4n) is 9.54. The van der Waals surface area contributed by atoms with Crippen LogP contribution in [-0.2, 0) is 44.1 Å². The Bertz CT molecular complexity index is 2250. The van der Waals surface area contributed by atoms with Crippen molar-refractivity contribution in [1.82, 2.24) is 9.48 Å². The largest absolute Gasteiger partial charge is 0.455 e. The molecule has 1 amide bonds. The Kier molecular flexibility index (Phi) is 11.7. The van der Waals surface area contributed by atoms with Crippen LogP contribution in [0.15, 0.2) is 30.3 Å². The molecule has 5 heterocycles. The predicted molar refractivity (Wildman–Crippen MR) is 222 cm³/mol. The van der Waals surface area contributed by atoms with Crippen molar-refractivity contribution in [2.75, 3.05) is 50.8 Å². The first-order chi connectivity index (χ1) is 27.1. The number of fused-ring (bicyclic) bond motifs is 4. The van der Waals surface area contributed by atoms with E-state index in [0.717, 1.165) is 105 Å². The number of amides is 1. The lowest BCUT2D eigenvalue weighted by Gasteiger charge is -2.39. The number of hydrogen-bond acceptors (Lipinski definition) is 7. The first kappa shape index (κ1) is 39.6. The number of rotatable bonds is 13. The molecule has 5 aliphatic heterocycles. The topological polar surface area (TPSA) is 109 Å². The first-order valence-corrected chi connectivity index (χ1v) is 24.7. The summed E-state index contributed by atoms with van der Waals surface area (Å²) in [5, 5.41) is 2.35. The number of ether oxygens (including phenoxy) is 1. The Hall–Kier alpha value is -3.19. The van der Waals surface area contributed by atoms with Gasteiger partial charge >= 0.3 is 13.6 Å². The van der Waals surface area contributed by atoms with Crippen LogP contribution < -0.4 is 30.1 Å². The fourth-order valence-corrected chi connectivity index (χ4v) is 11.3. The average Bonchev–Trinajstić information content (AvgIpc) is 3.19. The SMILES string of the molecule is CCN(CC)C(=O)c1ccc(P(=O)(O)OCCCCCC(=O)OP(F)P)cc1C1=c2cc3c4c(c2Oc2c1cc1c5c2CCCN5CCC1)CCC[N+]=4CCC3. The number of carbonyl (C=O) groups is 2. The number of carbonyl (C=O) groups excluding carboxylic acids is 2. The van der Waals surface area contributed by atoms with Crippen molar-refractivity contribution < 1.29 is 37.0 Å². The van der Waals surface area contributed by atoms with Crippen molar-refractivity contribution in [3.63, 3.8) is 0 Å². The van der Waals surface area contributed by atoms with Crippen LogP contribution >= 0.6 is 24.7 Å². The third-order valence-electron chi connectivity index (χ3n) is 12.0. The minimum Gasteiger partial charge on any atom is -0.455 e. The fraction of sp³-hybridized carbons (Fsp3) is 0.500. The Balaban J connectivity index is 1.29. The van der Waals surface area contributed by atoms with E-state index in [1.165, 1.54) is 33.3 Å². The molecule has 0 fully saturated rings. The number of hydrogen-bond donors (Lipinski definition) is 1. The molecule has 8 rings (SSSR count). The highest BCUT2D eigenvalue weighted by atomic mass is 32.0. The van der Waals surface area contributed by atoms with Crippen molar-refractivity contribution in [2.24, 2.45) is 0 Å². The van der Waals surface area contributed by atoms with Crippen LogP contribution in [0.1, 0.15) is 109 Å². The molecule has 56 heavy (non-hydrogen) atoms. The summed E-state index contributed by atoms with van der Waals surface area (Å²) < 4.78 is 47.2. The Morgan fingerprint density at radius 2 is 1.68 bits per heavy atom. The van der Waals surface area contributed by atoms with Gasteiger partial charge in [0.1, 0.15) is 24.6 Å². The number of benzene rings is 3. The lowest BCUT2D eigenvalue weighted by atomic mass is 9.81. The summed E-state index contributed by atoms with van der Waals surface area (Å²) in [5.74, 6) is 0.958. The van der Waals surface area contributed by atoms with E-state index in [1.807, 2.05) is 22.8 Å². The summed E-state index contributed by atoms with van der Waals surface area (Å²) in [6.45, 7) is 9.08. The van der Waals surface area contributed by atoms with E-state index in [4.69, 9.17) is 9.26 Å². The number of anilines is 1. The molecule has 5 aliphatic rings. The number of halogens is 1. The van der Waals surface area contributed by atoms with Gasteiger partial charge in [0, 0.05) is 84.2 Å². The number of unbranched alkanes of at least 4 members (excludes halogenated alkanes) is 2. The van der Waals surface area contributed by atoms with E-state index < -0.39 is 21.7 Å². The van der Waals surface area contributed by atoms with Gasteiger partial charge in [-0.05, 0) is 116 Å². The van der Waals surface area contributed by atoms with Gasteiger partial charge < -0.3 is 28.5 Å². The molecule has 1 N–H and O–H groups in total. The third kappa shape index (κ3) is 7.48. The molecule has 3 aromatic rings. The normalized spacial score (nSPS) is 18.1. The summed E-state index contributed by atoms with van der Waals surface area (Å²) in [4.78, 5) is 42.0. The molecule has 0 aliphatic carbocycles. The lowest BCUT2D eigenvalue weighted by molar-refractivity contribution is -0.133. The molecule has 0 radical (unpaired) electrons. The lowest BCUT2D eigenvalue weighted by Crippen LogP contribution is -2.45. The maximum absolute atomic E-state index is 14.5. The summed E-state index contributed by atoms with van der Waals surface area (Å²) in [6.07, 6.45) is 9.40. The van der Waals surface area contributed by atoms with Crippen LogP contribution in [0.5, 0.6) is 11.5 Å².